The molecule has 2 aromatic heterocycles. The summed E-state index contributed by atoms with van der Waals surface area (Å²) in [6.45, 7) is 5.31. The molecule has 0 fully saturated rings. The predicted molar refractivity (Wildman–Crippen MR) is 138 cm³/mol. The van der Waals surface area contributed by atoms with Crippen molar-refractivity contribution in [2.75, 3.05) is 11.9 Å². The Bertz CT molecular complexity index is 1350. The Kier molecular flexibility index (Phi) is 7.98. The molecule has 0 saturated carbocycles. The van der Waals surface area contributed by atoms with Crippen molar-refractivity contribution >= 4 is 29.3 Å². The van der Waals surface area contributed by atoms with E-state index in [1.165, 1.54) is 42.7 Å². The highest BCUT2D eigenvalue weighted by atomic mass is 16.4. The minimum Gasteiger partial charge on any atom is -0.478 e. The zero-order chi connectivity index (χ0) is 27.3. The molecule has 7 N–H and O–H groups in total. The predicted octanol–water partition coefficient (Wildman–Crippen LogP) is 2.51. The third kappa shape index (κ3) is 6.33. The number of aliphatic hydroxyl groups is 1. The van der Waals surface area contributed by atoms with Crippen LogP contribution in [0, 0.1) is 10.8 Å². The molecule has 0 bridgehead atoms. The van der Waals surface area contributed by atoms with Crippen LogP contribution < -0.4 is 16.4 Å². The molecule has 37 heavy (non-hydrogen) atoms. The largest absolute Gasteiger partial charge is 0.478 e. The van der Waals surface area contributed by atoms with Gasteiger partial charge in [-0.1, -0.05) is 32.9 Å². The molecular formula is C26H28N6O5. The van der Waals surface area contributed by atoms with E-state index in [0.29, 0.717) is 5.69 Å². The molecule has 1 unspecified atom stereocenters. The number of aromatic carboxylic acids is 1. The first-order valence-electron chi connectivity index (χ1n) is 11.3. The second kappa shape index (κ2) is 11.0. The number of hydrogen-bond donors (Lipinski definition) is 6. The van der Waals surface area contributed by atoms with Crippen LogP contribution >= 0.6 is 0 Å². The number of anilines is 1. The number of carbonyl (C=O) groups is 3. The first-order valence-corrected chi connectivity index (χ1v) is 11.3. The summed E-state index contributed by atoms with van der Waals surface area (Å²) in [5.41, 5.74) is 5.87. The Morgan fingerprint density at radius 3 is 2.35 bits per heavy atom. The van der Waals surface area contributed by atoms with Crippen molar-refractivity contribution in [3.63, 3.8) is 0 Å². The lowest BCUT2D eigenvalue weighted by Crippen LogP contribution is -2.46. The number of benzene rings is 1. The van der Waals surface area contributed by atoms with Gasteiger partial charge < -0.3 is 26.6 Å². The number of nitrogen functional groups attached to an aromatic ring is 1. The number of pyridine rings is 2. The van der Waals surface area contributed by atoms with Crippen LogP contribution in [0.25, 0.3) is 11.1 Å². The third-order valence-electron chi connectivity index (χ3n) is 5.66. The van der Waals surface area contributed by atoms with Crippen LogP contribution in [-0.4, -0.2) is 56.4 Å². The summed E-state index contributed by atoms with van der Waals surface area (Å²) >= 11 is 0. The fourth-order valence-corrected chi connectivity index (χ4v) is 3.50. The van der Waals surface area contributed by atoms with Crippen molar-refractivity contribution in [1.82, 2.24) is 15.3 Å². The van der Waals surface area contributed by atoms with E-state index in [-0.39, 0.29) is 46.1 Å². The van der Waals surface area contributed by atoms with Crippen molar-refractivity contribution in [2.24, 2.45) is 11.1 Å². The van der Waals surface area contributed by atoms with E-state index >= 15 is 0 Å². The number of aromatic nitrogens is 2. The fraction of sp³-hybridized carbons (Fsp3) is 0.231. The summed E-state index contributed by atoms with van der Waals surface area (Å²) in [4.78, 5) is 46.1. The molecule has 3 aromatic rings. The van der Waals surface area contributed by atoms with Gasteiger partial charge in [0.15, 0.2) is 0 Å². The van der Waals surface area contributed by atoms with Gasteiger partial charge in [0.05, 0.1) is 30.1 Å². The topological polar surface area (TPSA) is 191 Å². The average molecular weight is 505 g/mol. The van der Waals surface area contributed by atoms with Crippen molar-refractivity contribution in [2.45, 2.75) is 26.8 Å². The monoisotopic (exact) mass is 504 g/mol. The molecule has 192 valence electrons. The molecule has 2 amide bonds. The van der Waals surface area contributed by atoms with Crippen LogP contribution in [0.15, 0.2) is 54.9 Å². The van der Waals surface area contributed by atoms with Gasteiger partial charge in [-0.3, -0.25) is 25.0 Å². The number of aliphatic hydroxyl groups excluding tert-OH is 1. The Hall–Kier alpha value is -4.64. The molecule has 0 aliphatic carbocycles. The Morgan fingerprint density at radius 1 is 1.05 bits per heavy atom. The number of nitrogens with one attached hydrogen (secondary N) is 3. The van der Waals surface area contributed by atoms with E-state index in [2.05, 4.69) is 20.6 Å². The molecule has 11 heteroatoms. The Labute approximate surface area is 213 Å². The van der Waals surface area contributed by atoms with Gasteiger partial charge in [-0.05, 0) is 41.3 Å². The van der Waals surface area contributed by atoms with Crippen molar-refractivity contribution in [3.8, 4) is 11.1 Å². The zero-order valence-electron chi connectivity index (χ0n) is 20.6. The molecule has 11 nitrogen and oxygen atoms in total. The summed E-state index contributed by atoms with van der Waals surface area (Å²) in [6, 6.07) is 9.71. The fourth-order valence-electron chi connectivity index (χ4n) is 3.50. The maximum Gasteiger partial charge on any atom is 0.336 e. The highest BCUT2D eigenvalue weighted by Crippen LogP contribution is 2.28. The number of nitrogens with two attached hydrogens (primary N) is 1. The molecule has 1 atom stereocenters. The lowest BCUT2D eigenvalue weighted by molar-refractivity contribution is 0.0697. The average Bonchev–Trinajstić information content (AvgIpc) is 2.86. The molecule has 0 saturated heterocycles. The van der Waals surface area contributed by atoms with Crippen LogP contribution in [0.2, 0.25) is 0 Å². The summed E-state index contributed by atoms with van der Waals surface area (Å²) in [6.07, 6.45) is 2.74. The van der Waals surface area contributed by atoms with Crippen LogP contribution in [0.5, 0.6) is 0 Å². The second-order valence-corrected chi connectivity index (χ2v) is 9.34. The number of amides is 2. The number of rotatable bonds is 8. The normalized spacial score (nSPS) is 11.9. The van der Waals surface area contributed by atoms with Gasteiger partial charge in [0, 0.05) is 17.3 Å². The molecule has 0 radical (unpaired) electrons. The number of nitrogens with zero attached hydrogens (tertiary/aromatic N) is 2. The summed E-state index contributed by atoms with van der Waals surface area (Å²) in [5, 5.41) is 32.3. The lowest BCUT2D eigenvalue weighted by Gasteiger charge is -2.29. The van der Waals surface area contributed by atoms with E-state index in [0.717, 1.165) is 0 Å². The second-order valence-electron chi connectivity index (χ2n) is 9.34. The highest BCUT2D eigenvalue weighted by molar-refractivity contribution is 6.09. The van der Waals surface area contributed by atoms with Gasteiger partial charge in [-0.2, -0.15) is 0 Å². The minimum atomic E-state index is -1.29. The van der Waals surface area contributed by atoms with Gasteiger partial charge in [0.2, 0.25) is 0 Å². The van der Waals surface area contributed by atoms with E-state index in [1.807, 2.05) is 20.8 Å². The van der Waals surface area contributed by atoms with Crippen molar-refractivity contribution in [3.05, 3.63) is 77.4 Å². The van der Waals surface area contributed by atoms with Crippen molar-refractivity contribution in [1.29, 1.82) is 5.41 Å². The third-order valence-corrected chi connectivity index (χ3v) is 5.66. The van der Waals surface area contributed by atoms with Gasteiger partial charge in [-0.25, -0.2) is 4.79 Å². The molecule has 0 aliphatic rings. The molecular weight excluding hydrogens is 476 g/mol. The standard InChI is InChI=1S/C26H28N6O5/c1-26(2,3)20(13-33)32-23(34)14-6-8-16(18(11-14)25(36)37)17-5-4-10-29-21(17)24(35)31-15-7-9-19(22(27)28)30-12-15/h4-12,20,33H,13H2,1-3H3,(H3,27,28)(H,31,35)(H,32,34)(H,36,37). The molecule has 3 rings (SSSR count). The maximum absolute atomic E-state index is 13.0. The smallest absolute Gasteiger partial charge is 0.336 e. The van der Waals surface area contributed by atoms with E-state index < -0.39 is 29.2 Å². The Balaban J connectivity index is 1.95. The molecule has 1 aromatic carbocycles. The SMILES string of the molecule is CC(C)(C)C(CO)NC(=O)c1ccc(-c2cccnc2C(=O)Nc2ccc(C(=N)N)nc2)c(C(=O)O)c1. The summed E-state index contributed by atoms with van der Waals surface area (Å²) in [5.74, 6) is -2.65. The van der Waals surface area contributed by atoms with E-state index in [9.17, 15) is 24.6 Å². The Morgan fingerprint density at radius 2 is 1.78 bits per heavy atom. The van der Waals surface area contributed by atoms with Crippen molar-refractivity contribution < 1.29 is 24.6 Å². The van der Waals surface area contributed by atoms with Crippen LogP contribution in [0.1, 0.15) is 57.7 Å². The van der Waals surface area contributed by atoms with Gasteiger partial charge in [0.1, 0.15) is 17.2 Å². The first kappa shape index (κ1) is 27.0. The van der Waals surface area contributed by atoms with E-state index in [4.69, 9.17) is 11.1 Å². The van der Waals surface area contributed by atoms with Crippen LogP contribution in [0.4, 0.5) is 5.69 Å². The number of carboxylic acids is 1. The number of hydrogen-bond acceptors (Lipinski definition) is 7. The number of amidine groups is 1. The number of carbonyl (C=O) groups excluding carboxylic acids is 2. The van der Waals surface area contributed by atoms with Crippen LogP contribution in [-0.2, 0) is 0 Å². The quantitative estimate of drug-likeness (QED) is 0.199. The molecule has 2 heterocycles. The van der Waals surface area contributed by atoms with E-state index in [1.54, 1.807) is 12.1 Å². The first-order chi connectivity index (χ1) is 17.4. The maximum atomic E-state index is 13.0. The zero-order valence-corrected chi connectivity index (χ0v) is 20.6. The van der Waals surface area contributed by atoms with Gasteiger partial charge in [0.25, 0.3) is 11.8 Å². The summed E-state index contributed by atoms with van der Waals surface area (Å²) < 4.78 is 0. The molecule has 0 aliphatic heterocycles. The molecule has 0 spiro atoms. The highest BCUT2D eigenvalue weighted by Gasteiger charge is 2.27. The van der Waals surface area contributed by atoms with Gasteiger partial charge >= 0.3 is 5.97 Å². The number of carboxylic acid groups (broad SMARTS) is 1. The lowest BCUT2D eigenvalue weighted by atomic mass is 9.87. The summed E-state index contributed by atoms with van der Waals surface area (Å²) in [7, 11) is 0. The van der Waals surface area contributed by atoms with Gasteiger partial charge in [-0.15, -0.1) is 0 Å². The minimum absolute atomic E-state index is 0.0362. The van der Waals surface area contributed by atoms with Crippen LogP contribution in [0.3, 0.4) is 0 Å².